The molecule has 70 valence electrons. The molecule has 1 rings (SSSR count). The quantitative estimate of drug-likeness (QED) is 0.592. The van der Waals surface area contributed by atoms with E-state index < -0.39 is 10.8 Å². The van der Waals surface area contributed by atoms with Gasteiger partial charge in [-0.1, -0.05) is 28.1 Å². The summed E-state index contributed by atoms with van der Waals surface area (Å²) in [7, 11) is 1.31. The first-order valence-corrected chi connectivity index (χ1v) is 4.54. The van der Waals surface area contributed by atoms with Crippen LogP contribution in [0.3, 0.4) is 0 Å². The van der Waals surface area contributed by atoms with Crippen molar-refractivity contribution >= 4 is 21.9 Å². The number of benzene rings is 1. The molecule has 0 aliphatic carbocycles. The van der Waals surface area contributed by atoms with Crippen molar-refractivity contribution < 1.29 is 13.9 Å². The SMILES string of the molecule is COC(=O)[C@@H](Br)c1ccc(F)cc1. The molecule has 0 N–H and O–H groups in total. The molecule has 0 fully saturated rings. The van der Waals surface area contributed by atoms with Gasteiger partial charge in [-0.25, -0.2) is 4.39 Å². The van der Waals surface area contributed by atoms with Crippen molar-refractivity contribution in [1.82, 2.24) is 0 Å². The monoisotopic (exact) mass is 246 g/mol. The standard InChI is InChI=1S/C9H8BrFO2/c1-13-9(12)8(10)6-2-4-7(11)5-3-6/h2-5,8H,1H3/t8-/m0/s1. The van der Waals surface area contributed by atoms with Gasteiger partial charge in [0.05, 0.1) is 7.11 Å². The van der Waals surface area contributed by atoms with Crippen molar-refractivity contribution in [3.05, 3.63) is 35.6 Å². The molecule has 0 aliphatic rings. The summed E-state index contributed by atoms with van der Waals surface area (Å²) in [5, 5.41) is 0. The number of ether oxygens (including phenoxy) is 1. The second kappa shape index (κ2) is 4.37. The summed E-state index contributed by atoms with van der Waals surface area (Å²) in [6.07, 6.45) is 0. The van der Waals surface area contributed by atoms with Gasteiger partial charge in [0, 0.05) is 0 Å². The molecule has 2 nitrogen and oxygen atoms in total. The second-order valence-electron chi connectivity index (χ2n) is 2.44. The van der Waals surface area contributed by atoms with Crippen LogP contribution in [-0.2, 0) is 9.53 Å². The highest BCUT2D eigenvalue weighted by molar-refractivity contribution is 9.09. The summed E-state index contributed by atoms with van der Waals surface area (Å²) in [5.74, 6) is -0.722. The number of hydrogen-bond acceptors (Lipinski definition) is 2. The van der Waals surface area contributed by atoms with Crippen LogP contribution in [0.15, 0.2) is 24.3 Å². The topological polar surface area (TPSA) is 26.3 Å². The number of carbonyl (C=O) groups is 1. The van der Waals surface area contributed by atoms with E-state index in [1.165, 1.54) is 31.4 Å². The average molecular weight is 247 g/mol. The molecule has 0 bridgehead atoms. The minimum absolute atomic E-state index is 0.326. The second-order valence-corrected chi connectivity index (χ2v) is 3.35. The summed E-state index contributed by atoms with van der Waals surface area (Å²) < 4.78 is 17.0. The third-order valence-electron chi connectivity index (χ3n) is 1.57. The van der Waals surface area contributed by atoms with Crippen molar-refractivity contribution in [3.63, 3.8) is 0 Å². The number of hydrogen-bond donors (Lipinski definition) is 0. The van der Waals surface area contributed by atoms with E-state index in [4.69, 9.17) is 0 Å². The Labute approximate surface area is 83.8 Å². The first-order chi connectivity index (χ1) is 6.15. The fourth-order valence-corrected chi connectivity index (χ4v) is 1.36. The number of rotatable bonds is 2. The number of esters is 1. The van der Waals surface area contributed by atoms with Crippen LogP contribution < -0.4 is 0 Å². The van der Waals surface area contributed by atoms with Gasteiger partial charge in [-0.3, -0.25) is 4.79 Å². The molecule has 0 unspecified atom stereocenters. The number of halogens is 2. The number of methoxy groups -OCH3 is 1. The van der Waals surface area contributed by atoms with Crippen LogP contribution >= 0.6 is 15.9 Å². The minimum atomic E-state index is -0.530. The lowest BCUT2D eigenvalue weighted by Crippen LogP contribution is -2.07. The minimum Gasteiger partial charge on any atom is -0.468 e. The highest BCUT2D eigenvalue weighted by atomic mass is 79.9. The van der Waals surface area contributed by atoms with Gasteiger partial charge in [-0.05, 0) is 17.7 Å². The van der Waals surface area contributed by atoms with Gasteiger partial charge in [-0.2, -0.15) is 0 Å². The molecule has 0 aromatic heterocycles. The van der Waals surface area contributed by atoms with E-state index in [1.54, 1.807) is 0 Å². The maximum absolute atomic E-state index is 12.5. The Morgan fingerprint density at radius 3 is 2.46 bits per heavy atom. The Bertz CT molecular complexity index is 297. The van der Waals surface area contributed by atoms with Crippen molar-refractivity contribution in [2.75, 3.05) is 7.11 Å². The summed E-state index contributed by atoms with van der Waals surface area (Å²) >= 11 is 3.14. The third kappa shape index (κ3) is 2.52. The van der Waals surface area contributed by atoms with Crippen LogP contribution in [-0.4, -0.2) is 13.1 Å². The molecule has 1 aromatic rings. The van der Waals surface area contributed by atoms with E-state index in [1.807, 2.05) is 0 Å². The number of carbonyl (C=O) groups excluding carboxylic acids is 1. The molecule has 0 heterocycles. The van der Waals surface area contributed by atoms with Crippen LogP contribution in [0.25, 0.3) is 0 Å². The lowest BCUT2D eigenvalue weighted by atomic mass is 10.1. The van der Waals surface area contributed by atoms with E-state index in [-0.39, 0.29) is 5.82 Å². The fourth-order valence-electron chi connectivity index (χ4n) is 0.871. The summed E-state index contributed by atoms with van der Waals surface area (Å²) in [4.78, 5) is 10.5. The predicted molar refractivity (Wildman–Crippen MR) is 50.1 cm³/mol. The third-order valence-corrected chi connectivity index (χ3v) is 2.47. The van der Waals surface area contributed by atoms with Crippen LogP contribution in [0.2, 0.25) is 0 Å². The molecule has 0 amide bonds. The van der Waals surface area contributed by atoms with Gasteiger partial charge < -0.3 is 4.74 Å². The summed E-state index contributed by atoms with van der Waals surface area (Å²) in [6, 6.07) is 5.66. The van der Waals surface area contributed by atoms with E-state index in [0.29, 0.717) is 5.56 Å². The molecule has 0 saturated heterocycles. The zero-order valence-corrected chi connectivity index (χ0v) is 8.55. The zero-order valence-electron chi connectivity index (χ0n) is 6.96. The lowest BCUT2D eigenvalue weighted by molar-refractivity contribution is -0.139. The van der Waals surface area contributed by atoms with Crippen molar-refractivity contribution in [3.8, 4) is 0 Å². The van der Waals surface area contributed by atoms with Crippen molar-refractivity contribution in [1.29, 1.82) is 0 Å². The van der Waals surface area contributed by atoms with Gasteiger partial charge in [0.1, 0.15) is 10.6 Å². The molecular weight excluding hydrogens is 239 g/mol. The Morgan fingerprint density at radius 1 is 1.46 bits per heavy atom. The predicted octanol–water partition coefficient (Wildman–Crippen LogP) is 2.43. The van der Waals surface area contributed by atoms with E-state index in [0.717, 1.165) is 0 Å². The van der Waals surface area contributed by atoms with Crippen LogP contribution in [0.1, 0.15) is 10.4 Å². The molecule has 4 heteroatoms. The first kappa shape index (κ1) is 10.2. The molecule has 0 saturated carbocycles. The molecule has 0 spiro atoms. The molecular formula is C9H8BrFO2. The highest BCUT2D eigenvalue weighted by Crippen LogP contribution is 2.23. The summed E-state index contributed by atoms with van der Waals surface area (Å²) in [5.41, 5.74) is 0.674. The van der Waals surface area contributed by atoms with E-state index in [9.17, 15) is 9.18 Å². The highest BCUT2D eigenvalue weighted by Gasteiger charge is 2.16. The van der Waals surface area contributed by atoms with Gasteiger partial charge in [-0.15, -0.1) is 0 Å². The van der Waals surface area contributed by atoms with Gasteiger partial charge in [0.2, 0.25) is 0 Å². The smallest absolute Gasteiger partial charge is 0.323 e. The maximum Gasteiger partial charge on any atom is 0.323 e. The van der Waals surface area contributed by atoms with E-state index in [2.05, 4.69) is 20.7 Å². The molecule has 1 atom stereocenters. The maximum atomic E-state index is 12.5. The summed E-state index contributed by atoms with van der Waals surface area (Å²) in [6.45, 7) is 0. The molecule has 13 heavy (non-hydrogen) atoms. The molecule has 0 radical (unpaired) electrons. The lowest BCUT2D eigenvalue weighted by Gasteiger charge is -2.06. The van der Waals surface area contributed by atoms with Crippen molar-refractivity contribution in [2.24, 2.45) is 0 Å². The van der Waals surface area contributed by atoms with Crippen LogP contribution in [0, 0.1) is 5.82 Å². The Hall–Kier alpha value is -0.900. The Balaban J connectivity index is 2.83. The van der Waals surface area contributed by atoms with E-state index >= 15 is 0 Å². The normalized spacial score (nSPS) is 12.2. The van der Waals surface area contributed by atoms with Crippen LogP contribution in [0.4, 0.5) is 4.39 Å². The first-order valence-electron chi connectivity index (χ1n) is 3.62. The Morgan fingerprint density at radius 2 is 2.00 bits per heavy atom. The van der Waals surface area contributed by atoms with Gasteiger partial charge in [0.15, 0.2) is 0 Å². The van der Waals surface area contributed by atoms with Crippen molar-refractivity contribution in [2.45, 2.75) is 4.83 Å². The average Bonchev–Trinajstić information content (AvgIpc) is 2.17. The number of alkyl halides is 1. The van der Waals surface area contributed by atoms with Gasteiger partial charge in [0.25, 0.3) is 0 Å². The Kier molecular flexibility index (Phi) is 3.42. The van der Waals surface area contributed by atoms with Crippen LogP contribution in [0.5, 0.6) is 0 Å². The zero-order chi connectivity index (χ0) is 9.84. The molecule has 0 aliphatic heterocycles. The van der Waals surface area contributed by atoms with Gasteiger partial charge >= 0.3 is 5.97 Å². The largest absolute Gasteiger partial charge is 0.468 e. The fraction of sp³-hybridized carbons (Fsp3) is 0.222. The molecule has 1 aromatic carbocycles.